The Hall–Kier alpha value is -0.910. The van der Waals surface area contributed by atoms with Crippen LogP contribution in [0.25, 0.3) is 0 Å². The van der Waals surface area contributed by atoms with Crippen LogP contribution in [0.3, 0.4) is 0 Å². The van der Waals surface area contributed by atoms with Crippen LogP contribution in [-0.4, -0.2) is 17.4 Å². The van der Waals surface area contributed by atoms with Gasteiger partial charge in [0.1, 0.15) is 5.82 Å². The van der Waals surface area contributed by atoms with Crippen LogP contribution in [-0.2, 0) is 11.3 Å². The summed E-state index contributed by atoms with van der Waals surface area (Å²) >= 11 is 0. The molecule has 1 aliphatic rings. The number of hydrogen-bond acceptors (Lipinski definition) is 3. The van der Waals surface area contributed by atoms with Gasteiger partial charge in [-0.3, -0.25) is 9.78 Å². The Morgan fingerprint density at radius 2 is 2.15 bits per heavy atom. The van der Waals surface area contributed by atoms with Crippen molar-refractivity contribution in [1.29, 1.82) is 0 Å². The molecule has 1 amide bonds. The van der Waals surface area contributed by atoms with Crippen molar-refractivity contribution in [3.8, 4) is 0 Å². The third-order valence-corrected chi connectivity index (χ3v) is 3.53. The summed E-state index contributed by atoms with van der Waals surface area (Å²) in [5.41, 5.74) is 6.31. The van der Waals surface area contributed by atoms with Gasteiger partial charge >= 0.3 is 0 Å². The molecule has 7 heteroatoms. The van der Waals surface area contributed by atoms with Crippen molar-refractivity contribution in [3.05, 3.63) is 29.8 Å². The first-order valence-corrected chi connectivity index (χ1v) is 6.29. The summed E-state index contributed by atoms with van der Waals surface area (Å²) in [5.74, 6) is -0.0141. The second-order valence-electron chi connectivity index (χ2n) is 4.72. The Kier molecular flexibility index (Phi) is 8.69. The molecule has 0 spiro atoms. The van der Waals surface area contributed by atoms with Gasteiger partial charge in [0.05, 0.1) is 18.4 Å². The van der Waals surface area contributed by atoms with E-state index in [0.29, 0.717) is 24.7 Å². The fraction of sp³-hybridized carbons (Fsp3) is 0.538. The standard InChI is InChI=1S/C13H18FN3O.2ClH/c14-10-4-5-11(16-7-10)8-17-13(18)12-3-1-2-9(12)6-15;;/h4-5,7,9,12H,1-3,6,8,15H2,(H,17,18);2*1H/t9-,12-;;/m1../s1. The fourth-order valence-corrected chi connectivity index (χ4v) is 2.48. The molecule has 114 valence electrons. The third kappa shape index (κ3) is 4.89. The highest BCUT2D eigenvalue weighted by atomic mass is 35.5. The van der Waals surface area contributed by atoms with Gasteiger partial charge in [-0.05, 0) is 37.4 Å². The first-order valence-electron chi connectivity index (χ1n) is 6.29. The lowest BCUT2D eigenvalue weighted by molar-refractivity contribution is -0.126. The quantitative estimate of drug-likeness (QED) is 0.891. The molecule has 20 heavy (non-hydrogen) atoms. The van der Waals surface area contributed by atoms with Crippen LogP contribution in [0.4, 0.5) is 4.39 Å². The van der Waals surface area contributed by atoms with Crippen LogP contribution < -0.4 is 11.1 Å². The number of nitrogens with zero attached hydrogens (tertiary/aromatic N) is 1. The molecular weight excluding hydrogens is 304 g/mol. The van der Waals surface area contributed by atoms with Gasteiger partial charge in [0.25, 0.3) is 0 Å². The van der Waals surface area contributed by atoms with Crippen molar-refractivity contribution in [2.75, 3.05) is 6.54 Å². The molecule has 0 bridgehead atoms. The number of hydrogen-bond donors (Lipinski definition) is 2. The molecule has 1 aliphatic carbocycles. The second kappa shape index (κ2) is 9.10. The fourth-order valence-electron chi connectivity index (χ4n) is 2.48. The zero-order valence-electron chi connectivity index (χ0n) is 11.0. The van der Waals surface area contributed by atoms with Crippen molar-refractivity contribution < 1.29 is 9.18 Å². The molecule has 0 radical (unpaired) electrons. The van der Waals surface area contributed by atoms with Gasteiger partial charge in [-0.15, -0.1) is 24.8 Å². The molecular formula is C13H20Cl2FN3O. The summed E-state index contributed by atoms with van der Waals surface area (Å²) < 4.78 is 12.7. The normalized spacial score (nSPS) is 20.7. The zero-order chi connectivity index (χ0) is 13.0. The number of carbonyl (C=O) groups is 1. The van der Waals surface area contributed by atoms with Crippen molar-refractivity contribution in [1.82, 2.24) is 10.3 Å². The molecule has 0 unspecified atom stereocenters. The topological polar surface area (TPSA) is 68.0 Å². The van der Waals surface area contributed by atoms with Crippen LogP contribution in [0.5, 0.6) is 0 Å². The van der Waals surface area contributed by atoms with Gasteiger partial charge in [-0.1, -0.05) is 6.42 Å². The number of halogens is 3. The minimum Gasteiger partial charge on any atom is -0.350 e. The summed E-state index contributed by atoms with van der Waals surface area (Å²) in [6.45, 7) is 0.903. The van der Waals surface area contributed by atoms with E-state index in [-0.39, 0.29) is 42.5 Å². The Labute approximate surface area is 130 Å². The molecule has 1 heterocycles. The average Bonchev–Trinajstić information content (AvgIpc) is 2.86. The van der Waals surface area contributed by atoms with Crippen LogP contribution in [0.1, 0.15) is 25.0 Å². The summed E-state index contributed by atoms with van der Waals surface area (Å²) in [5, 5.41) is 2.85. The molecule has 0 saturated heterocycles. The van der Waals surface area contributed by atoms with Crippen LogP contribution in [0, 0.1) is 17.7 Å². The molecule has 0 aliphatic heterocycles. The number of rotatable bonds is 4. The maximum Gasteiger partial charge on any atom is 0.223 e. The Balaban J connectivity index is 0.00000180. The smallest absolute Gasteiger partial charge is 0.223 e. The predicted molar refractivity (Wildman–Crippen MR) is 80.4 cm³/mol. The number of amides is 1. The molecule has 4 nitrogen and oxygen atoms in total. The van der Waals surface area contributed by atoms with E-state index in [1.54, 1.807) is 6.07 Å². The molecule has 2 atom stereocenters. The molecule has 2 rings (SSSR count). The van der Waals surface area contributed by atoms with E-state index in [4.69, 9.17) is 5.73 Å². The van der Waals surface area contributed by atoms with Crippen LogP contribution >= 0.6 is 24.8 Å². The Morgan fingerprint density at radius 3 is 2.75 bits per heavy atom. The van der Waals surface area contributed by atoms with Gasteiger partial charge < -0.3 is 11.1 Å². The summed E-state index contributed by atoms with van der Waals surface area (Å²) in [4.78, 5) is 15.9. The largest absolute Gasteiger partial charge is 0.350 e. The number of nitrogens with one attached hydrogen (secondary N) is 1. The number of nitrogens with two attached hydrogens (primary N) is 1. The minimum atomic E-state index is -0.371. The lowest BCUT2D eigenvalue weighted by Crippen LogP contribution is -2.34. The molecule has 1 aromatic heterocycles. The van der Waals surface area contributed by atoms with Crippen molar-refractivity contribution in [3.63, 3.8) is 0 Å². The van der Waals surface area contributed by atoms with E-state index in [9.17, 15) is 9.18 Å². The van der Waals surface area contributed by atoms with Crippen molar-refractivity contribution in [2.24, 2.45) is 17.6 Å². The molecule has 3 N–H and O–H groups in total. The van der Waals surface area contributed by atoms with Gasteiger partial charge in [0, 0.05) is 5.92 Å². The summed E-state index contributed by atoms with van der Waals surface area (Å²) in [7, 11) is 0. The highest BCUT2D eigenvalue weighted by Gasteiger charge is 2.31. The Bertz CT molecular complexity index is 417. The Morgan fingerprint density at radius 1 is 1.40 bits per heavy atom. The molecule has 1 fully saturated rings. The maximum absolute atomic E-state index is 12.7. The lowest BCUT2D eigenvalue weighted by Gasteiger charge is -2.17. The first kappa shape index (κ1) is 19.1. The van der Waals surface area contributed by atoms with E-state index >= 15 is 0 Å². The van der Waals surface area contributed by atoms with Crippen LogP contribution in [0.15, 0.2) is 18.3 Å². The highest BCUT2D eigenvalue weighted by Crippen LogP contribution is 2.30. The minimum absolute atomic E-state index is 0. The lowest BCUT2D eigenvalue weighted by atomic mass is 9.95. The second-order valence-corrected chi connectivity index (χ2v) is 4.72. The van der Waals surface area contributed by atoms with E-state index in [0.717, 1.165) is 25.5 Å². The first-order chi connectivity index (χ1) is 8.70. The molecule has 0 aromatic carbocycles. The molecule has 1 aromatic rings. The van der Waals surface area contributed by atoms with Gasteiger partial charge in [-0.25, -0.2) is 4.39 Å². The van der Waals surface area contributed by atoms with Crippen molar-refractivity contribution >= 4 is 30.7 Å². The van der Waals surface area contributed by atoms with E-state index in [2.05, 4.69) is 10.3 Å². The van der Waals surface area contributed by atoms with E-state index in [1.165, 1.54) is 6.07 Å². The van der Waals surface area contributed by atoms with E-state index in [1.807, 2.05) is 0 Å². The van der Waals surface area contributed by atoms with Gasteiger partial charge in [-0.2, -0.15) is 0 Å². The zero-order valence-corrected chi connectivity index (χ0v) is 12.7. The van der Waals surface area contributed by atoms with E-state index < -0.39 is 0 Å². The van der Waals surface area contributed by atoms with Crippen LogP contribution in [0.2, 0.25) is 0 Å². The number of carbonyl (C=O) groups excluding carboxylic acids is 1. The SMILES string of the molecule is Cl.Cl.NC[C@H]1CCC[C@H]1C(=O)NCc1ccc(F)cn1. The number of aromatic nitrogens is 1. The monoisotopic (exact) mass is 323 g/mol. The summed E-state index contributed by atoms with van der Waals surface area (Å²) in [6.07, 6.45) is 4.16. The van der Waals surface area contributed by atoms with Crippen molar-refractivity contribution in [2.45, 2.75) is 25.8 Å². The number of pyridine rings is 1. The molecule has 1 saturated carbocycles. The van der Waals surface area contributed by atoms with Gasteiger partial charge in [0.2, 0.25) is 5.91 Å². The average molecular weight is 324 g/mol. The van der Waals surface area contributed by atoms with Gasteiger partial charge in [0.15, 0.2) is 0 Å². The third-order valence-electron chi connectivity index (χ3n) is 3.53. The summed E-state index contributed by atoms with van der Waals surface area (Å²) in [6, 6.07) is 2.91. The predicted octanol–water partition coefficient (Wildman–Crippen LogP) is 2.06. The highest BCUT2D eigenvalue weighted by molar-refractivity contribution is 5.85. The maximum atomic E-state index is 12.7.